The zero-order valence-corrected chi connectivity index (χ0v) is 13.2. The summed E-state index contributed by atoms with van der Waals surface area (Å²) in [6, 6.07) is 4.68. The molecule has 20 heavy (non-hydrogen) atoms. The topological polar surface area (TPSA) is 71.0 Å². The number of hydrogen-bond donors (Lipinski definition) is 1. The SMILES string of the molecule is COc1ccc(/N=C/N(C)C)c(S(=O)(=O)NCCCl)c1. The van der Waals surface area contributed by atoms with Gasteiger partial charge in [0.15, 0.2) is 0 Å². The average molecular weight is 320 g/mol. The molecule has 0 atom stereocenters. The van der Waals surface area contributed by atoms with Gasteiger partial charge >= 0.3 is 0 Å². The number of nitrogens with one attached hydrogen (secondary N) is 1. The summed E-state index contributed by atoms with van der Waals surface area (Å²) in [5.74, 6) is 0.638. The van der Waals surface area contributed by atoms with E-state index in [1.807, 2.05) is 0 Å². The van der Waals surface area contributed by atoms with Crippen LogP contribution in [-0.4, -0.2) is 53.3 Å². The lowest BCUT2D eigenvalue weighted by molar-refractivity contribution is 0.413. The Morgan fingerprint density at radius 3 is 2.70 bits per heavy atom. The summed E-state index contributed by atoms with van der Waals surface area (Å²) < 4.78 is 31.9. The Bertz CT molecular complexity index is 573. The molecule has 1 rings (SSSR count). The summed E-state index contributed by atoms with van der Waals surface area (Å²) in [4.78, 5) is 5.92. The van der Waals surface area contributed by atoms with E-state index in [1.165, 1.54) is 19.5 Å². The van der Waals surface area contributed by atoms with E-state index in [4.69, 9.17) is 16.3 Å². The van der Waals surface area contributed by atoms with Crippen LogP contribution in [0.15, 0.2) is 28.1 Å². The maximum absolute atomic E-state index is 12.2. The van der Waals surface area contributed by atoms with Gasteiger partial charge in [0, 0.05) is 32.6 Å². The van der Waals surface area contributed by atoms with Crippen molar-refractivity contribution in [3.8, 4) is 5.75 Å². The highest BCUT2D eigenvalue weighted by atomic mass is 35.5. The van der Waals surface area contributed by atoms with Crippen molar-refractivity contribution in [2.45, 2.75) is 4.90 Å². The van der Waals surface area contributed by atoms with E-state index in [-0.39, 0.29) is 17.3 Å². The molecule has 0 amide bonds. The Hall–Kier alpha value is -1.31. The predicted molar refractivity (Wildman–Crippen MR) is 80.7 cm³/mol. The van der Waals surface area contributed by atoms with Gasteiger partial charge in [-0.1, -0.05) is 0 Å². The number of aliphatic imine (C=N–C) groups is 1. The van der Waals surface area contributed by atoms with Crippen molar-refractivity contribution >= 4 is 33.7 Å². The first-order valence-electron chi connectivity index (χ1n) is 5.85. The minimum atomic E-state index is -3.68. The Balaban J connectivity index is 3.25. The van der Waals surface area contributed by atoms with Gasteiger partial charge in [-0.05, 0) is 12.1 Å². The first-order chi connectivity index (χ1) is 9.40. The molecule has 112 valence electrons. The third-order valence-electron chi connectivity index (χ3n) is 2.27. The molecule has 0 heterocycles. The third-order valence-corrected chi connectivity index (χ3v) is 3.95. The van der Waals surface area contributed by atoms with E-state index >= 15 is 0 Å². The van der Waals surface area contributed by atoms with Crippen LogP contribution in [0.4, 0.5) is 5.69 Å². The lowest BCUT2D eigenvalue weighted by Gasteiger charge is -2.10. The molecule has 0 aliphatic rings. The Kier molecular flexibility index (Phi) is 6.25. The first-order valence-corrected chi connectivity index (χ1v) is 7.86. The minimum absolute atomic E-state index is 0.0556. The quantitative estimate of drug-likeness (QED) is 0.469. The van der Waals surface area contributed by atoms with Crippen molar-refractivity contribution in [3.05, 3.63) is 18.2 Å². The maximum atomic E-state index is 12.2. The Morgan fingerprint density at radius 2 is 2.15 bits per heavy atom. The van der Waals surface area contributed by atoms with Crippen molar-refractivity contribution in [3.63, 3.8) is 0 Å². The molecule has 0 fully saturated rings. The van der Waals surface area contributed by atoms with E-state index < -0.39 is 10.0 Å². The third kappa shape index (κ3) is 4.66. The maximum Gasteiger partial charge on any atom is 0.242 e. The number of sulfonamides is 1. The van der Waals surface area contributed by atoms with Gasteiger partial charge in [0.2, 0.25) is 10.0 Å². The van der Waals surface area contributed by atoms with E-state index in [9.17, 15) is 8.42 Å². The molecule has 0 unspecified atom stereocenters. The number of hydrogen-bond acceptors (Lipinski definition) is 4. The second-order valence-electron chi connectivity index (χ2n) is 4.13. The molecule has 0 aliphatic carbocycles. The van der Waals surface area contributed by atoms with Gasteiger partial charge in [0.1, 0.15) is 10.6 Å². The second-order valence-corrected chi connectivity index (χ2v) is 6.24. The van der Waals surface area contributed by atoms with Gasteiger partial charge in [-0.15, -0.1) is 11.6 Å². The van der Waals surface area contributed by atoms with Gasteiger partial charge in [0.05, 0.1) is 19.1 Å². The zero-order valence-electron chi connectivity index (χ0n) is 11.6. The molecule has 0 aliphatic heterocycles. The predicted octanol–water partition coefficient (Wildman–Crippen LogP) is 1.43. The van der Waals surface area contributed by atoms with E-state index in [2.05, 4.69) is 9.71 Å². The number of alkyl halides is 1. The second kappa shape index (κ2) is 7.47. The number of nitrogens with zero attached hydrogens (tertiary/aromatic N) is 2. The van der Waals surface area contributed by atoms with Crippen molar-refractivity contribution in [2.75, 3.05) is 33.6 Å². The molecular formula is C12H18ClN3O3S. The van der Waals surface area contributed by atoms with E-state index in [0.29, 0.717) is 11.4 Å². The summed E-state index contributed by atoms with van der Waals surface area (Å²) >= 11 is 5.51. The molecule has 0 saturated carbocycles. The largest absolute Gasteiger partial charge is 0.497 e. The fourth-order valence-corrected chi connectivity index (χ4v) is 2.77. The highest BCUT2D eigenvalue weighted by Crippen LogP contribution is 2.28. The van der Waals surface area contributed by atoms with Crippen LogP contribution < -0.4 is 9.46 Å². The van der Waals surface area contributed by atoms with Gasteiger partial charge in [-0.3, -0.25) is 0 Å². The van der Waals surface area contributed by atoms with Gasteiger partial charge < -0.3 is 9.64 Å². The van der Waals surface area contributed by atoms with E-state index in [0.717, 1.165) is 0 Å². The lowest BCUT2D eigenvalue weighted by atomic mass is 10.3. The summed E-state index contributed by atoms with van der Waals surface area (Å²) in [5, 5.41) is 0. The molecule has 1 aromatic rings. The fraction of sp³-hybridized carbons (Fsp3) is 0.417. The Morgan fingerprint density at radius 1 is 1.45 bits per heavy atom. The first kappa shape index (κ1) is 16.7. The van der Waals surface area contributed by atoms with Crippen LogP contribution in [-0.2, 0) is 10.0 Å². The monoisotopic (exact) mass is 319 g/mol. The summed E-state index contributed by atoms with van der Waals surface area (Å²) in [7, 11) is 1.39. The molecule has 1 N–H and O–H groups in total. The van der Waals surface area contributed by atoms with Crippen LogP contribution in [0.2, 0.25) is 0 Å². The van der Waals surface area contributed by atoms with Gasteiger partial charge in [-0.25, -0.2) is 18.1 Å². The lowest BCUT2D eigenvalue weighted by Crippen LogP contribution is -2.25. The number of benzene rings is 1. The highest BCUT2D eigenvalue weighted by molar-refractivity contribution is 7.89. The number of methoxy groups -OCH3 is 1. The standard InChI is InChI=1S/C12H18ClN3O3S/c1-16(2)9-14-11-5-4-10(19-3)8-12(11)20(17,18)15-7-6-13/h4-5,8-9,15H,6-7H2,1-3H3/b14-9+. The van der Waals surface area contributed by atoms with Crippen molar-refractivity contribution < 1.29 is 13.2 Å². The molecule has 0 aromatic heterocycles. The highest BCUT2D eigenvalue weighted by Gasteiger charge is 2.18. The van der Waals surface area contributed by atoms with Gasteiger partial charge in [-0.2, -0.15) is 0 Å². The normalized spacial score (nSPS) is 11.8. The van der Waals surface area contributed by atoms with Crippen molar-refractivity contribution in [1.29, 1.82) is 0 Å². The van der Waals surface area contributed by atoms with Crippen molar-refractivity contribution in [1.82, 2.24) is 9.62 Å². The van der Waals surface area contributed by atoms with Crippen LogP contribution in [0, 0.1) is 0 Å². The van der Waals surface area contributed by atoms with Crippen LogP contribution in [0.1, 0.15) is 0 Å². The molecule has 0 bridgehead atoms. The number of rotatable bonds is 7. The van der Waals surface area contributed by atoms with Gasteiger partial charge in [0.25, 0.3) is 0 Å². The average Bonchev–Trinajstić information content (AvgIpc) is 2.42. The summed E-state index contributed by atoms with van der Waals surface area (Å²) in [5.41, 5.74) is 0.335. The van der Waals surface area contributed by atoms with Crippen LogP contribution in [0.25, 0.3) is 0 Å². The van der Waals surface area contributed by atoms with Crippen molar-refractivity contribution in [2.24, 2.45) is 4.99 Å². The molecule has 0 radical (unpaired) electrons. The summed E-state index contributed by atoms with van der Waals surface area (Å²) in [6.07, 6.45) is 1.53. The van der Waals surface area contributed by atoms with Crippen LogP contribution in [0.3, 0.4) is 0 Å². The van der Waals surface area contributed by atoms with Crippen LogP contribution in [0.5, 0.6) is 5.75 Å². The van der Waals surface area contributed by atoms with E-state index in [1.54, 1.807) is 31.1 Å². The molecule has 1 aromatic carbocycles. The molecular weight excluding hydrogens is 302 g/mol. The Labute approximate surface area is 124 Å². The number of halogens is 1. The molecule has 0 spiro atoms. The number of ether oxygens (including phenoxy) is 1. The minimum Gasteiger partial charge on any atom is -0.497 e. The molecule has 6 nitrogen and oxygen atoms in total. The molecule has 0 saturated heterocycles. The summed E-state index contributed by atoms with van der Waals surface area (Å²) in [6.45, 7) is 0.151. The molecule has 8 heteroatoms. The smallest absolute Gasteiger partial charge is 0.242 e. The zero-order chi connectivity index (χ0) is 15.2. The fourth-order valence-electron chi connectivity index (χ4n) is 1.37. The van der Waals surface area contributed by atoms with Crippen LogP contribution >= 0.6 is 11.6 Å².